The second-order valence-corrected chi connectivity index (χ2v) is 6.10. The molecule has 0 aromatic carbocycles. The van der Waals surface area contributed by atoms with Gasteiger partial charge in [-0.15, -0.1) is 0 Å². The minimum Gasteiger partial charge on any atom is -0.385 e. The summed E-state index contributed by atoms with van der Waals surface area (Å²) in [5, 5.41) is 8.95. The van der Waals surface area contributed by atoms with Crippen LogP contribution in [-0.4, -0.2) is 30.0 Å². The third kappa shape index (κ3) is 3.54. The van der Waals surface area contributed by atoms with E-state index in [0.717, 1.165) is 55.5 Å². The second-order valence-electron chi connectivity index (χ2n) is 5.72. The normalized spacial score (nSPS) is 16.6. The van der Waals surface area contributed by atoms with E-state index < -0.39 is 0 Å². The van der Waals surface area contributed by atoms with Crippen LogP contribution in [0.1, 0.15) is 44.5 Å². The lowest BCUT2D eigenvalue weighted by atomic mass is 10.0. The fraction of sp³-hybridized carbons (Fsp3) is 0.800. The van der Waals surface area contributed by atoms with E-state index in [9.17, 15) is 0 Å². The summed E-state index contributed by atoms with van der Waals surface area (Å²) >= 11 is 6.41. The molecule has 0 radical (unpaired) electrons. The first-order chi connectivity index (χ1) is 9.65. The summed E-state index contributed by atoms with van der Waals surface area (Å²) in [6.45, 7) is 7.76. The SMILES string of the molecule is CCc1nn(CC)c(CNCC2(CCOC)CC2)c1Cl. The van der Waals surface area contributed by atoms with Gasteiger partial charge in [-0.2, -0.15) is 5.10 Å². The molecule has 0 aliphatic heterocycles. The molecule has 0 saturated heterocycles. The fourth-order valence-electron chi connectivity index (χ4n) is 2.64. The lowest BCUT2D eigenvalue weighted by Gasteiger charge is -2.16. The summed E-state index contributed by atoms with van der Waals surface area (Å²) in [4.78, 5) is 0. The van der Waals surface area contributed by atoms with Gasteiger partial charge in [-0.1, -0.05) is 18.5 Å². The second kappa shape index (κ2) is 6.92. The van der Waals surface area contributed by atoms with Crippen molar-refractivity contribution in [2.24, 2.45) is 5.41 Å². The number of hydrogen-bond donors (Lipinski definition) is 1. The Hall–Kier alpha value is -0.580. The molecule has 1 aliphatic rings. The Labute approximate surface area is 126 Å². The van der Waals surface area contributed by atoms with E-state index in [2.05, 4.69) is 24.3 Å². The predicted octanol–water partition coefficient (Wildman–Crippen LogP) is 3.03. The number of halogens is 1. The van der Waals surface area contributed by atoms with E-state index in [1.54, 1.807) is 7.11 Å². The van der Waals surface area contributed by atoms with Gasteiger partial charge in [-0.25, -0.2) is 0 Å². The molecule has 1 aromatic heterocycles. The van der Waals surface area contributed by atoms with Gasteiger partial charge in [0, 0.05) is 33.4 Å². The van der Waals surface area contributed by atoms with E-state index in [1.165, 1.54) is 12.8 Å². The van der Waals surface area contributed by atoms with Crippen LogP contribution in [0, 0.1) is 5.41 Å². The average Bonchev–Trinajstić information content (AvgIpc) is 3.16. The van der Waals surface area contributed by atoms with Crippen LogP contribution in [0.4, 0.5) is 0 Å². The zero-order valence-corrected chi connectivity index (χ0v) is 13.6. The molecule has 20 heavy (non-hydrogen) atoms. The molecular weight excluding hydrogens is 274 g/mol. The third-order valence-corrected chi connectivity index (χ3v) is 4.72. The maximum atomic E-state index is 6.41. The summed E-state index contributed by atoms with van der Waals surface area (Å²) in [5.41, 5.74) is 2.59. The minimum absolute atomic E-state index is 0.465. The zero-order chi connectivity index (χ0) is 14.6. The Kier molecular flexibility index (Phi) is 5.47. The van der Waals surface area contributed by atoms with E-state index in [1.807, 2.05) is 4.68 Å². The van der Waals surface area contributed by atoms with Crippen LogP contribution in [0.2, 0.25) is 5.02 Å². The van der Waals surface area contributed by atoms with Crippen LogP contribution in [-0.2, 0) is 24.2 Å². The molecule has 0 atom stereocenters. The molecule has 0 bridgehead atoms. The highest BCUT2D eigenvalue weighted by molar-refractivity contribution is 6.31. The molecule has 1 aliphatic carbocycles. The van der Waals surface area contributed by atoms with Crippen LogP contribution in [0.3, 0.4) is 0 Å². The van der Waals surface area contributed by atoms with Gasteiger partial charge in [0.05, 0.1) is 16.4 Å². The molecule has 2 rings (SSSR count). The van der Waals surface area contributed by atoms with Crippen molar-refractivity contribution in [2.45, 2.75) is 52.6 Å². The van der Waals surface area contributed by atoms with Crippen LogP contribution in [0.5, 0.6) is 0 Å². The Morgan fingerprint density at radius 1 is 1.40 bits per heavy atom. The molecule has 1 saturated carbocycles. The van der Waals surface area contributed by atoms with Gasteiger partial charge in [-0.3, -0.25) is 4.68 Å². The van der Waals surface area contributed by atoms with Gasteiger partial charge in [0.25, 0.3) is 0 Å². The van der Waals surface area contributed by atoms with Crippen LogP contribution in [0.15, 0.2) is 0 Å². The molecular formula is C15H26ClN3O. The molecule has 1 N–H and O–H groups in total. The van der Waals surface area contributed by atoms with E-state index in [4.69, 9.17) is 16.3 Å². The highest BCUT2D eigenvalue weighted by Crippen LogP contribution is 2.48. The van der Waals surface area contributed by atoms with E-state index >= 15 is 0 Å². The quantitative estimate of drug-likeness (QED) is 0.762. The number of rotatable bonds is 9. The van der Waals surface area contributed by atoms with Crippen LogP contribution < -0.4 is 5.32 Å². The van der Waals surface area contributed by atoms with Crippen molar-refractivity contribution < 1.29 is 4.74 Å². The van der Waals surface area contributed by atoms with Crippen molar-refractivity contribution in [1.82, 2.24) is 15.1 Å². The van der Waals surface area contributed by atoms with Gasteiger partial charge < -0.3 is 10.1 Å². The monoisotopic (exact) mass is 299 g/mol. The molecule has 1 heterocycles. The topological polar surface area (TPSA) is 39.1 Å². The molecule has 0 unspecified atom stereocenters. The van der Waals surface area contributed by atoms with Gasteiger partial charge in [-0.05, 0) is 38.0 Å². The Morgan fingerprint density at radius 2 is 2.15 bits per heavy atom. The van der Waals surface area contributed by atoms with E-state index in [-0.39, 0.29) is 0 Å². The highest BCUT2D eigenvalue weighted by atomic mass is 35.5. The lowest BCUT2D eigenvalue weighted by molar-refractivity contribution is 0.171. The summed E-state index contributed by atoms with van der Waals surface area (Å²) in [7, 11) is 1.77. The number of hydrogen-bond acceptors (Lipinski definition) is 3. The number of nitrogens with zero attached hydrogens (tertiary/aromatic N) is 2. The first-order valence-corrected chi connectivity index (χ1v) is 7.97. The van der Waals surface area contributed by atoms with Gasteiger partial charge in [0.2, 0.25) is 0 Å². The molecule has 1 fully saturated rings. The first kappa shape index (κ1) is 15.8. The lowest BCUT2D eigenvalue weighted by Crippen LogP contribution is -2.26. The van der Waals surface area contributed by atoms with Gasteiger partial charge in [0.1, 0.15) is 0 Å². The Balaban J connectivity index is 1.89. The van der Waals surface area contributed by atoms with Crippen LogP contribution in [0.25, 0.3) is 0 Å². The number of ether oxygens (including phenoxy) is 1. The molecule has 0 amide bonds. The van der Waals surface area contributed by atoms with Crippen molar-refractivity contribution in [3.8, 4) is 0 Å². The fourth-order valence-corrected chi connectivity index (χ4v) is 2.98. The van der Waals surface area contributed by atoms with Crippen molar-refractivity contribution in [3.63, 3.8) is 0 Å². The summed E-state index contributed by atoms with van der Waals surface area (Å²) in [6, 6.07) is 0. The molecule has 4 nitrogen and oxygen atoms in total. The Bertz CT molecular complexity index is 441. The van der Waals surface area contributed by atoms with Crippen molar-refractivity contribution in [1.29, 1.82) is 0 Å². The van der Waals surface area contributed by atoms with Crippen molar-refractivity contribution >= 4 is 11.6 Å². The minimum atomic E-state index is 0.465. The number of aryl methyl sites for hydroxylation is 2. The van der Waals surface area contributed by atoms with Gasteiger partial charge in [0.15, 0.2) is 0 Å². The maximum Gasteiger partial charge on any atom is 0.0863 e. The molecule has 1 aromatic rings. The number of methoxy groups -OCH3 is 1. The summed E-state index contributed by atoms with van der Waals surface area (Å²) in [6.07, 6.45) is 4.66. The van der Waals surface area contributed by atoms with Crippen molar-refractivity contribution in [2.75, 3.05) is 20.3 Å². The number of nitrogens with one attached hydrogen (secondary N) is 1. The van der Waals surface area contributed by atoms with E-state index in [0.29, 0.717) is 5.41 Å². The van der Waals surface area contributed by atoms with Crippen molar-refractivity contribution in [3.05, 3.63) is 16.4 Å². The number of aromatic nitrogens is 2. The Morgan fingerprint density at radius 3 is 2.70 bits per heavy atom. The summed E-state index contributed by atoms with van der Waals surface area (Å²) in [5.74, 6) is 0. The molecule has 5 heteroatoms. The summed E-state index contributed by atoms with van der Waals surface area (Å²) < 4.78 is 7.21. The predicted molar refractivity (Wildman–Crippen MR) is 82.2 cm³/mol. The smallest absolute Gasteiger partial charge is 0.0863 e. The average molecular weight is 300 g/mol. The molecule has 114 valence electrons. The standard InChI is InChI=1S/C15H26ClN3O/c1-4-12-14(16)13(19(5-2)18-12)10-17-11-15(6-7-15)8-9-20-3/h17H,4-11H2,1-3H3. The largest absolute Gasteiger partial charge is 0.385 e. The third-order valence-electron chi connectivity index (χ3n) is 4.28. The van der Waals surface area contributed by atoms with Crippen LogP contribution >= 0.6 is 11.6 Å². The first-order valence-electron chi connectivity index (χ1n) is 7.59. The maximum absolute atomic E-state index is 6.41. The highest BCUT2D eigenvalue weighted by Gasteiger charge is 2.41. The van der Waals surface area contributed by atoms with Gasteiger partial charge >= 0.3 is 0 Å². The molecule has 0 spiro atoms. The zero-order valence-electron chi connectivity index (χ0n) is 12.8.